The molecule has 2 N–H and O–H groups in total. The zero-order valence-corrected chi connectivity index (χ0v) is 20.7. The first-order valence-corrected chi connectivity index (χ1v) is 12.7. The van der Waals surface area contributed by atoms with Gasteiger partial charge in [-0.1, -0.05) is 36.1 Å². The third-order valence-electron chi connectivity index (χ3n) is 6.89. The Morgan fingerprint density at radius 1 is 1.00 bits per heavy atom. The average molecular weight is 503 g/mol. The van der Waals surface area contributed by atoms with Gasteiger partial charge in [-0.3, -0.25) is 14.6 Å². The van der Waals surface area contributed by atoms with Crippen molar-refractivity contribution >= 4 is 0 Å². The number of aromatic amines is 1. The molecule has 1 atom stereocenters. The van der Waals surface area contributed by atoms with E-state index in [2.05, 4.69) is 51.0 Å². The monoisotopic (exact) mass is 502 g/mol. The van der Waals surface area contributed by atoms with Gasteiger partial charge in [0.05, 0.1) is 25.2 Å². The molecule has 0 aliphatic carbocycles. The van der Waals surface area contributed by atoms with Gasteiger partial charge in [0.25, 0.3) is 5.56 Å². The summed E-state index contributed by atoms with van der Waals surface area (Å²) in [5.74, 6) is 5.85. The van der Waals surface area contributed by atoms with E-state index in [0.717, 1.165) is 49.5 Å². The highest BCUT2D eigenvalue weighted by Crippen LogP contribution is 2.27. The smallest absolute Gasteiger partial charge is 0.293 e. The summed E-state index contributed by atoms with van der Waals surface area (Å²) in [5, 5.41) is 10.3. The summed E-state index contributed by atoms with van der Waals surface area (Å²) >= 11 is 0. The Bertz CT molecular complexity index is 1300. The van der Waals surface area contributed by atoms with Crippen LogP contribution in [0.2, 0.25) is 0 Å². The van der Waals surface area contributed by atoms with Gasteiger partial charge in [-0.25, -0.2) is 9.37 Å². The Kier molecular flexibility index (Phi) is 7.95. The molecule has 8 heteroatoms. The lowest BCUT2D eigenvalue weighted by molar-refractivity contribution is 0.0342. The largest absolute Gasteiger partial charge is 0.502 e. The van der Waals surface area contributed by atoms with Crippen molar-refractivity contribution in [2.45, 2.75) is 25.1 Å². The molecule has 0 amide bonds. The molecule has 0 saturated carbocycles. The van der Waals surface area contributed by atoms with Crippen LogP contribution >= 0.6 is 0 Å². The van der Waals surface area contributed by atoms with Crippen LogP contribution in [0.3, 0.4) is 0 Å². The molecule has 2 aromatic carbocycles. The number of halogens is 1. The molecule has 0 radical (unpaired) electrons. The molecule has 0 spiro atoms. The first-order chi connectivity index (χ1) is 18.0. The maximum Gasteiger partial charge on any atom is 0.293 e. The number of hydrogen-bond acceptors (Lipinski definition) is 6. The molecular formula is C29H31FN4O3. The topological polar surface area (TPSA) is 81.7 Å². The Labute approximate surface area is 215 Å². The number of aromatic hydroxyl groups is 1. The minimum absolute atomic E-state index is 0.234. The standard InChI is InChI=1S/C29H31FN4O3/c30-26-18-34(19-26)17-25(27-28(35)29(36)32-20-31-27)15-23-7-3-21(4-8-23)1-2-22-5-9-24(10-6-22)16-33-11-13-37-14-12-33/h3-10,20,25-26,35H,11-19H2,(H,31,32,36). The third kappa shape index (κ3) is 6.63. The highest BCUT2D eigenvalue weighted by molar-refractivity contribution is 5.44. The van der Waals surface area contributed by atoms with Crippen molar-refractivity contribution < 1.29 is 14.2 Å². The number of benzene rings is 2. The number of likely N-dealkylation sites (tertiary alicyclic amines) is 1. The summed E-state index contributed by atoms with van der Waals surface area (Å²) < 4.78 is 18.8. The lowest BCUT2D eigenvalue weighted by atomic mass is 9.93. The summed E-state index contributed by atoms with van der Waals surface area (Å²) in [5.41, 5.74) is 3.94. The predicted octanol–water partition coefficient (Wildman–Crippen LogP) is 2.69. The van der Waals surface area contributed by atoms with Gasteiger partial charge < -0.3 is 14.8 Å². The van der Waals surface area contributed by atoms with Crippen molar-refractivity contribution in [2.75, 3.05) is 45.9 Å². The van der Waals surface area contributed by atoms with Crippen LogP contribution in [0.4, 0.5) is 4.39 Å². The van der Waals surface area contributed by atoms with E-state index in [4.69, 9.17) is 4.74 Å². The molecule has 2 aliphatic heterocycles. The van der Waals surface area contributed by atoms with E-state index in [0.29, 0.717) is 31.7 Å². The lowest BCUT2D eigenvalue weighted by Crippen LogP contribution is -2.50. The van der Waals surface area contributed by atoms with Gasteiger partial charge in [-0.2, -0.15) is 0 Å². The molecule has 2 fully saturated rings. The molecule has 37 heavy (non-hydrogen) atoms. The highest BCUT2D eigenvalue weighted by Gasteiger charge is 2.30. The zero-order chi connectivity index (χ0) is 25.6. The number of ether oxygens (including phenoxy) is 1. The van der Waals surface area contributed by atoms with Crippen molar-refractivity contribution in [3.05, 3.63) is 93.2 Å². The molecule has 5 rings (SSSR count). The summed E-state index contributed by atoms with van der Waals surface area (Å²) in [4.78, 5) is 22.9. The number of rotatable bonds is 7. The Morgan fingerprint density at radius 3 is 2.24 bits per heavy atom. The van der Waals surface area contributed by atoms with E-state index in [-0.39, 0.29) is 11.7 Å². The van der Waals surface area contributed by atoms with Crippen LogP contribution < -0.4 is 5.56 Å². The highest BCUT2D eigenvalue weighted by atomic mass is 19.1. The van der Waals surface area contributed by atoms with E-state index in [9.17, 15) is 14.3 Å². The van der Waals surface area contributed by atoms with Gasteiger partial charge in [-0.05, 0) is 41.8 Å². The summed E-state index contributed by atoms with van der Waals surface area (Å²) in [6, 6.07) is 16.3. The van der Waals surface area contributed by atoms with Gasteiger partial charge >= 0.3 is 0 Å². The maximum atomic E-state index is 13.4. The lowest BCUT2D eigenvalue weighted by Gasteiger charge is -2.36. The van der Waals surface area contributed by atoms with Gasteiger partial charge in [-0.15, -0.1) is 0 Å². The number of hydrogen-bond donors (Lipinski definition) is 2. The van der Waals surface area contributed by atoms with Crippen LogP contribution in [-0.2, 0) is 17.7 Å². The molecule has 0 bridgehead atoms. The molecule has 3 heterocycles. The minimum atomic E-state index is -0.819. The first kappa shape index (κ1) is 25.2. The van der Waals surface area contributed by atoms with E-state index in [1.165, 1.54) is 11.9 Å². The van der Waals surface area contributed by atoms with Gasteiger partial charge in [0.2, 0.25) is 5.75 Å². The van der Waals surface area contributed by atoms with Crippen molar-refractivity contribution in [2.24, 2.45) is 0 Å². The van der Waals surface area contributed by atoms with E-state index >= 15 is 0 Å². The Hall–Kier alpha value is -3.51. The zero-order valence-electron chi connectivity index (χ0n) is 20.7. The van der Waals surface area contributed by atoms with Crippen LogP contribution in [0.25, 0.3) is 0 Å². The van der Waals surface area contributed by atoms with Crippen molar-refractivity contribution in [3.8, 4) is 17.6 Å². The van der Waals surface area contributed by atoms with Gasteiger partial charge in [0.1, 0.15) is 6.17 Å². The normalized spacial score (nSPS) is 17.5. The van der Waals surface area contributed by atoms with Crippen LogP contribution in [0.1, 0.15) is 33.9 Å². The number of aromatic nitrogens is 2. The van der Waals surface area contributed by atoms with E-state index in [1.54, 1.807) is 0 Å². The van der Waals surface area contributed by atoms with Gasteiger partial charge in [0.15, 0.2) is 0 Å². The van der Waals surface area contributed by atoms with Gasteiger partial charge in [0, 0.05) is 56.3 Å². The number of alkyl halides is 1. The second-order valence-electron chi connectivity index (χ2n) is 9.71. The molecule has 2 aliphatic rings. The molecule has 7 nitrogen and oxygen atoms in total. The Morgan fingerprint density at radius 2 is 1.62 bits per heavy atom. The number of nitrogens with zero attached hydrogens (tertiary/aromatic N) is 3. The van der Waals surface area contributed by atoms with Crippen LogP contribution in [0, 0.1) is 11.8 Å². The van der Waals surface area contributed by atoms with Crippen molar-refractivity contribution in [1.29, 1.82) is 0 Å². The van der Waals surface area contributed by atoms with Crippen LogP contribution in [0.5, 0.6) is 5.75 Å². The average Bonchev–Trinajstić information content (AvgIpc) is 2.90. The van der Waals surface area contributed by atoms with Crippen LogP contribution in [0.15, 0.2) is 59.7 Å². The Balaban J connectivity index is 1.23. The van der Waals surface area contributed by atoms with Crippen molar-refractivity contribution in [3.63, 3.8) is 0 Å². The SMILES string of the molecule is O=c1[nH]cnc(C(Cc2ccc(C#Cc3ccc(CN4CCOCC4)cc3)cc2)CN2CC(F)C2)c1O. The molecule has 192 valence electrons. The fourth-order valence-electron chi connectivity index (χ4n) is 4.78. The predicted molar refractivity (Wildman–Crippen MR) is 139 cm³/mol. The number of H-pyrrole nitrogens is 1. The minimum Gasteiger partial charge on any atom is -0.502 e. The number of morpholine rings is 1. The van der Waals surface area contributed by atoms with E-state index < -0.39 is 11.7 Å². The second kappa shape index (κ2) is 11.7. The maximum absolute atomic E-state index is 13.4. The molecule has 1 unspecified atom stereocenters. The first-order valence-electron chi connectivity index (χ1n) is 12.7. The summed E-state index contributed by atoms with van der Waals surface area (Å²) in [6.45, 7) is 5.71. The number of nitrogens with one attached hydrogen (secondary N) is 1. The van der Waals surface area contributed by atoms with Crippen molar-refractivity contribution in [1.82, 2.24) is 19.8 Å². The molecule has 1 aromatic heterocycles. The third-order valence-corrected chi connectivity index (χ3v) is 6.89. The fraction of sp³-hybridized carbons (Fsp3) is 0.379. The molecular weight excluding hydrogens is 471 g/mol. The van der Waals surface area contributed by atoms with Crippen LogP contribution in [-0.4, -0.2) is 77.0 Å². The molecule has 2 saturated heterocycles. The second-order valence-corrected chi connectivity index (χ2v) is 9.71. The summed E-state index contributed by atoms with van der Waals surface area (Å²) in [7, 11) is 0. The summed E-state index contributed by atoms with van der Waals surface area (Å²) in [6.07, 6.45) is 1.04. The van der Waals surface area contributed by atoms with E-state index in [1.807, 2.05) is 29.2 Å². The quantitative estimate of drug-likeness (QED) is 0.484. The fourth-order valence-corrected chi connectivity index (χ4v) is 4.78. The molecule has 3 aromatic rings.